The molecule has 1 aliphatic heterocycles. The molecule has 1 saturated heterocycles. The molecule has 0 aliphatic carbocycles. The third-order valence-electron chi connectivity index (χ3n) is 4.38. The Morgan fingerprint density at radius 1 is 1.07 bits per heavy atom. The first kappa shape index (κ1) is 19.8. The van der Waals surface area contributed by atoms with Gasteiger partial charge in [0.2, 0.25) is 10.0 Å². The molecule has 0 N–H and O–H groups in total. The molecule has 8 heteroatoms. The maximum Gasteiger partial charge on any atom is 0.343 e. The largest absolute Gasteiger partial charge is 0.423 e. The van der Waals surface area contributed by atoms with Crippen LogP contribution in [0, 0.1) is 13.8 Å². The zero-order valence-corrected chi connectivity index (χ0v) is 16.6. The number of carbonyl (C=O) groups is 1. The Bertz CT molecular complexity index is 968. The van der Waals surface area contributed by atoms with Crippen LogP contribution < -0.4 is 4.74 Å². The van der Waals surface area contributed by atoms with E-state index in [4.69, 9.17) is 21.1 Å². The number of rotatable bonds is 4. The lowest BCUT2D eigenvalue weighted by molar-refractivity contribution is 0.0726. The lowest BCUT2D eigenvalue weighted by atomic mass is 10.1. The van der Waals surface area contributed by atoms with Crippen molar-refractivity contribution in [3.63, 3.8) is 0 Å². The van der Waals surface area contributed by atoms with E-state index in [1.807, 2.05) is 0 Å². The van der Waals surface area contributed by atoms with Crippen molar-refractivity contribution in [1.29, 1.82) is 0 Å². The second-order valence-corrected chi connectivity index (χ2v) is 8.67. The summed E-state index contributed by atoms with van der Waals surface area (Å²) >= 11 is 5.92. The third kappa shape index (κ3) is 4.32. The van der Waals surface area contributed by atoms with Crippen LogP contribution in [0.2, 0.25) is 5.02 Å². The van der Waals surface area contributed by atoms with Crippen molar-refractivity contribution in [3.05, 3.63) is 58.1 Å². The van der Waals surface area contributed by atoms with E-state index >= 15 is 0 Å². The highest BCUT2D eigenvalue weighted by molar-refractivity contribution is 7.89. The fourth-order valence-electron chi connectivity index (χ4n) is 2.80. The lowest BCUT2D eigenvalue weighted by Gasteiger charge is -2.26. The number of esters is 1. The second kappa shape index (κ2) is 7.98. The molecule has 0 atom stereocenters. The molecule has 1 heterocycles. The second-order valence-electron chi connectivity index (χ2n) is 6.29. The SMILES string of the molecule is Cc1cc(Cl)ccc1OC(=O)c1cc(S(=O)(=O)N2CCOCC2)ccc1C. The van der Waals surface area contributed by atoms with Gasteiger partial charge in [-0.25, -0.2) is 13.2 Å². The maximum atomic E-state index is 12.8. The summed E-state index contributed by atoms with van der Waals surface area (Å²) in [5.74, 6) is -0.234. The first-order chi connectivity index (χ1) is 12.8. The van der Waals surface area contributed by atoms with Crippen LogP contribution >= 0.6 is 11.6 Å². The number of sulfonamides is 1. The number of halogens is 1. The number of carbonyl (C=O) groups excluding carboxylic acids is 1. The molecule has 2 aromatic carbocycles. The summed E-state index contributed by atoms with van der Waals surface area (Å²) in [6, 6.07) is 9.41. The molecule has 0 radical (unpaired) electrons. The average molecular weight is 410 g/mol. The van der Waals surface area contributed by atoms with Crippen LogP contribution in [0.1, 0.15) is 21.5 Å². The Morgan fingerprint density at radius 3 is 2.44 bits per heavy atom. The quantitative estimate of drug-likeness (QED) is 0.572. The molecule has 0 spiro atoms. The van der Waals surface area contributed by atoms with Gasteiger partial charge < -0.3 is 9.47 Å². The molecular weight excluding hydrogens is 390 g/mol. The molecular formula is C19H20ClNO5S. The normalized spacial score (nSPS) is 15.5. The van der Waals surface area contributed by atoms with Crippen LogP contribution in [0.3, 0.4) is 0 Å². The van der Waals surface area contributed by atoms with E-state index in [-0.39, 0.29) is 10.5 Å². The van der Waals surface area contributed by atoms with Gasteiger partial charge in [-0.3, -0.25) is 0 Å². The van der Waals surface area contributed by atoms with Crippen molar-refractivity contribution < 1.29 is 22.7 Å². The zero-order valence-electron chi connectivity index (χ0n) is 15.1. The Morgan fingerprint density at radius 2 is 1.78 bits per heavy atom. The summed E-state index contributed by atoms with van der Waals surface area (Å²) in [6.07, 6.45) is 0. The van der Waals surface area contributed by atoms with Gasteiger partial charge in [0.05, 0.1) is 23.7 Å². The van der Waals surface area contributed by atoms with Gasteiger partial charge in [-0.2, -0.15) is 4.31 Å². The number of nitrogens with zero attached hydrogens (tertiary/aromatic N) is 1. The standard InChI is InChI=1S/C19H20ClNO5S/c1-13-3-5-16(27(23,24)21-7-9-25-10-8-21)12-17(13)19(22)26-18-6-4-15(20)11-14(18)2/h3-6,11-12H,7-10H2,1-2H3. The smallest absolute Gasteiger partial charge is 0.343 e. The molecule has 0 bridgehead atoms. The van der Waals surface area contributed by atoms with Crippen molar-refractivity contribution >= 4 is 27.6 Å². The lowest BCUT2D eigenvalue weighted by Crippen LogP contribution is -2.40. The van der Waals surface area contributed by atoms with Gasteiger partial charge in [0.1, 0.15) is 5.75 Å². The van der Waals surface area contributed by atoms with Crippen LogP contribution in [-0.4, -0.2) is 45.0 Å². The molecule has 144 valence electrons. The molecule has 1 fully saturated rings. The summed E-state index contributed by atoms with van der Waals surface area (Å²) in [5, 5.41) is 0.544. The van der Waals surface area contributed by atoms with E-state index in [2.05, 4.69) is 0 Å². The van der Waals surface area contributed by atoms with Gasteiger partial charge in [0.15, 0.2) is 0 Å². The van der Waals surface area contributed by atoms with Crippen LogP contribution in [0.5, 0.6) is 5.75 Å². The average Bonchev–Trinajstić information content (AvgIpc) is 2.65. The van der Waals surface area contributed by atoms with E-state index in [0.717, 1.165) is 0 Å². The highest BCUT2D eigenvalue weighted by atomic mass is 35.5. The van der Waals surface area contributed by atoms with Crippen molar-refractivity contribution in [3.8, 4) is 5.75 Å². The van der Waals surface area contributed by atoms with Gasteiger partial charge in [-0.15, -0.1) is 0 Å². The van der Waals surface area contributed by atoms with E-state index in [9.17, 15) is 13.2 Å². The van der Waals surface area contributed by atoms with Gasteiger partial charge in [0.25, 0.3) is 0 Å². The molecule has 6 nitrogen and oxygen atoms in total. The monoisotopic (exact) mass is 409 g/mol. The number of benzene rings is 2. The van der Waals surface area contributed by atoms with Crippen LogP contribution in [0.25, 0.3) is 0 Å². The van der Waals surface area contributed by atoms with Gasteiger partial charge in [-0.05, 0) is 55.3 Å². The Kier molecular flexibility index (Phi) is 5.86. The predicted octanol–water partition coefficient (Wildman–Crippen LogP) is 3.20. The molecule has 0 saturated carbocycles. The molecule has 0 aromatic heterocycles. The Hall–Kier alpha value is -1.93. The van der Waals surface area contributed by atoms with E-state index in [0.29, 0.717) is 48.2 Å². The topological polar surface area (TPSA) is 72.9 Å². The summed E-state index contributed by atoms with van der Waals surface area (Å²) in [7, 11) is -3.69. The molecule has 2 aromatic rings. The summed E-state index contributed by atoms with van der Waals surface area (Å²) < 4.78 is 37.7. The van der Waals surface area contributed by atoms with Gasteiger partial charge >= 0.3 is 5.97 Å². The van der Waals surface area contributed by atoms with E-state index in [1.165, 1.54) is 16.4 Å². The number of aryl methyl sites for hydroxylation is 2. The van der Waals surface area contributed by atoms with Crippen molar-refractivity contribution in [2.45, 2.75) is 18.7 Å². The fraction of sp³-hybridized carbons (Fsp3) is 0.316. The highest BCUT2D eigenvalue weighted by Crippen LogP contribution is 2.25. The molecule has 0 unspecified atom stereocenters. The summed E-state index contributed by atoms with van der Waals surface area (Å²) in [4.78, 5) is 12.7. The van der Waals surface area contributed by atoms with Crippen molar-refractivity contribution in [2.75, 3.05) is 26.3 Å². The van der Waals surface area contributed by atoms with E-state index < -0.39 is 16.0 Å². The van der Waals surface area contributed by atoms with Crippen molar-refractivity contribution in [2.24, 2.45) is 0 Å². The molecule has 27 heavy (non-hydrogen) atoms. The number of hydrogen-bond donors (Lipinski definition) is 0. The zero-order chi connectivity index (χ0) is 19.6. The summed E-state index contributed by atoms with van der Waals surface area (Å²) in [6.45, 7) is 4.81. The molecule has 3 rings (SSSR count). The maximum absolute atomic E-state index is 12.8. The van der Waals surface area contributed by atoms with Crippen molar-refractivity contribution in [1.82, 2.24) is 4.31 Å². The predicted molar refractivity (Wildman–Crippen MR) is 102 cm³/mol. The number of morpholine rings is 1. The number of hydrogen-bond acceptors (Lipinski definition) is 5. The first-order valence-corrected chi connectivity index (χ1v) is 10.3. The van der Waals surface area contributed by atoms with Gasteiger partial charge in [0, 0.05) is 18.1 Å². The van der Waals surface area contributed by atoms with Gasteiger partial charge in [-0.1, -0.05) is 17.7 Å². The third-order valence-corrected chi connectivity index (χ3v) is 6.51. The first-order valence-electron chi connectivity index (χ1n) is 8.46. The van der Waals surface area contributed by atoms with E-state index in [1.54, 1.807) is 38.1 Å². The minimum atomic E-state index is -3.69. The Balaban J connectivity index is 1.89. The molecule has 1 aliphatic rings. The fourth-order valence-corrected chi connectivity index (χ4v) is 4.46. The minimum absolute atomic E-state index is 0.0646. The molecule has 0 amide bonds. The van der Waals surface area contributed by atoms with Crippen LogP contribution in [-0.2, 0) is 14.8 Å². The number of ether oxygens (including phenoxy) is 2. The summed E-state index contributed by atoms with van der Waals surface area (Å²) in [5.41, 5.74) is 1.55. The Labute approximate surface area is 163 Å². The minimum Gasteiger partial charge on any atom is -0.423 e. The highest BCUT2D eigenvalue weighted by Gasteiger charge is 2.27. The van der Waals surface area contributed by atoms with Crippen LogP contribution in [0.15, 0.2) is 41.3 Å². The van der Waals surface area contributed by atoms with Crippen LogP contribution in [0.4, 0.5) is 0 Å².